The zero-order chi connectivity index (χ0) is 7.33. The van der Waals surface area contributed by atoms with E-state index in [1.165, 1.54) is 25.2 Å². The minimum Gasteiger partial charge on any atom is -1.00 e. The fraction of sp³-hybridized carbons (Fsp3) is 1.00. The molecule has 0 aliphatic carbocycles. The lowest BCUT2D eigenvalue weighted by atomic mass is 10.6. The van der Waals surface area contributed by atoms with E-state index in [4.69, 9.17) is 0 Å². The quantitative estimate of drug-likeness (QED) is 0.597. The molecule has 0 bridgehead atoms. The summed E-state index contributed by atoms with van der Waals surface area (Å²) in [7, 11) is -0.443. The van der Waals surface area contributed by atoms with E-state index in [0.29, 0.717) is 0 Å². The van der Waals surface area contributed by atoms with Gasteiger partial charge in [-0.05, 0) is 12.8 Å². The molecular formula is C8H20BrP. The van der Waals surface area contributed by atoms with E-state index in [0.717, 1.165) is 0 Å². The van der Waals surface area contributed by atoms with Crippen molar-refractivity contribution in [1.82, 2.24) is 0 Å². The molecule has 2 heteroatoms. The van der Waals surface area contributed by atoms with Crippen LogP contribution in [0.4, 0.5) is 0 Å². The molecule has 0 nitrogen and oxygen atoms in total. The van der Waals surface area contributed by atoms with Crippen LogP contribution < -0.4 is 17.0 Å². The fourth-order valence-electron chi connectivity index (χ4n) is 1.32. The van der Waals surface area contributed by atoms with Crippen LogP contribution in [0.1, 0.15) is 26.7 Å². The zero-order valence-corrected chi connectivity index (χ0v) is 10.1. The van der Waals surface area contributed by atoms with E-state index in [1.54, 1.807) is 0 Å². The van der Waals surface area contributed by atoms with Gasteiger partial charge in [-0.25, -0.2) is 0 Å². The van der Waals surface area contributed by atoms with Gasteiger partial charge in [-0.15, -0.1) is 0 Å². The maximum atomic E-state index is 2.47. The summed E-state index contributed by atoms with van der Waals surface area (Å²) in [6, 6.07) is 0. The molecule has 0 saturated carbocycles. The minimum atomic E-state index is -0.443. The first-order chi connectivity index (χ1) is 4.12. The normalized spacial score (nSPS) is 10.8. The summed E-state index contributed by atoms with van der Waals surface area (Å²) >= 11 is 0. The van der Waals surface area contributed by atoms with E-state index in [1.807, 2.05) is 0 Å². The highest BCUT2D eigenvalue weighted by Gasteiger charge is 2.21. The average molecular weight is 227 g/mol. The molecule has 0 aliphatic rings. The first kappa shape index (κ1) is 13.5. The van der Waals surface area contributed by atoms with Crippen molar-refractivity contribution in [1.29, 1.82) is 0 Å². The second-order valence-corrected chi connectivity index (χ2v) is 8.15. The molecule has 0 aromatic carbocycles. The topological polar surface area (TPSA) is 0 Å². The lowest BCUT2D eigenvalue weighted by Crippen LogP contribution is -3.00. The van der Waals surface area contributed by atoms with Crippen LogP contribution in [0, 0.1) is 0 Å². The molecular weight excluding hydrogens is 207 g/mol. The molecule has 0 aromatic rings. The summed E-state index contributed by atoms with van der Waals surface area (Å²) in [6.45, 7) is 9.52. The molecule has 0 atom stereocenters. The van der Waals surface area contributed by atoms with Crippen molar-refractivity contribution in [2.24, 2.45) is 0 Å². The Morgan fingerprint density at radius 2 is 1.20 bits per heavy atom. The Bertz CT molecular complexity index is 63.7. The largest absolute Gasteiger partial charge is 1.00 e. The van der Waals surface area contributed by atoms with Crippen molar-refractivity contribution in [3.05, 3.63) is 0 Å². The first-order valence-corrected chi connectivity index (χ1v) is 6.99. The van der Waals surface area contributed by atoms with Gasteiger partial charge in [0.2, 0.25) is 0 Å². The molecule has 0 unspecified atom stereocenters. The van der Waals surface area contributed by atoms with Crippen molar-refractivity contribution in [2.75, 3.05) is 25.7 Å². The first-order valence-electron chi connectivity index (χ1n) is 3.94. The molecule has 0 aromatic heterocycles. The monoisotopic (exact) mass is 226 g/mol. The Balaban J connectivity index is 0. The van der Waals surface area contributed by atoms with Crippen LogP contribution in [-0.4, -0.2) is 25.7 Å². The van der Waals surface area contributed by atoms with Gasteiger partial charge in [-0.1, -0.05) is 13.8 Å². The Kier molecular flexibility index (Phi) is 8.92. The maximum Gasteiger partial charge on any atom is 0.0586 e. The van der Waals surface area contributed by atoms with Gasteiger partial charge in [0, 0.05) is 20.6 Å². The highest BCUT2D eigenvalue weighted by atomic mass is 79.9. The molecule has 0 fully saturated rings. The Morgan fingerprint density at radius 1 is 0.900 bits per heavy atom. The lowest BCUT2D eigenvalue weighted by molar-refractivity contribution is -0.00000234. The smallest absolute Gasteiger partial charge is 0.0586 e. The van der Waals surface area contributed by atoms with E-state index in [2.05, 4.69) is 27.2 Å². The number of hydrogen-bond acceptors (Lipinski definition) is 0. The summed E-state index contributed by atoms with van der Waals surface area (Å²) in [5, 5.41) is 0. The minimum absolute atomic E-state index is 0. The van der Waals surface area contributed by atoms with Crippen LogP contribution in [-0.2, 0) is 0 Å². The molecule has 10 heavy (non-hydrogen) atoms. The average Bonchev–Trinajstić information content (AvgIpc) is 1.64. The number of hydrogen-bond donors (Lipinski definition) is 0. The molecule has 0 N–H and O–H groups in total. The van der Waals surface area contributed by atoms with Crippen LogP contribution in [0.3, 0.4) is 0 Å². The van der Waals surface area contributed by atoms with Gasteiger partial charge in [-0.2, -0.15) is 0 Å². The molecule has 0 rings (SSSR count). The molecule has 0 amide bonds. The summed E-state index contributed by atoms with van der Waals surface area (Å²) in [5.41, 5.74) is 0. The summed E-state index contributed by atoms with van der Waals surface area (Å²) in [4.78, 5) is 0. The van der Waals surface area contributed by atoms with Gasteiger partial charge < -0.3 is 17.0 Å². The standard InChI is InChI=1S/C8H20P.BrH/c1-5-7-9(3,4)8-6-2;/h5-8H2,1-4H3;1H/q+1;/p-1. The predicted molar refractivity (Wildman–Crippen MR) is 49.1 cm³/mol. The Morgan fingerprint density at radius 3 is 1.40 bits per heavy atom. The van der Waals surface area contributed by atoms with Crippen LogP contribution in [0.5, 0.6) is 0 Å². The third kappa shape index (κ3) is 7.02. The van der Waals surface area contributed by atoms with Crippen LogP contribution in [0.15, 0.2) is 0 Å². The van der Waals surface area contributed by atoms with E-state index in [9.17, 15) is 0 Å². The molecule has 0 spiro atoms. The van der Waals surface area contributed by atoms with Crippen molar-refractivity contribution in [2.45, 2.75) is 26.7 Å². The summed E-state index contributed by atoms with van der Waals surface area (Å²) in [6.07, 6.45) is 5.73. The molecule has 64 valence electrons. The molecule has 0 radical (unpaired) electrons. The lowest BCUT2D eigenvalue weighted by Gasteiger charge is -2.15. The molecule has 0 heterocycles. The second kappa shape index (κ2) is 6.61. The Hall–Kier alpha value is 0.910. The van der Waals surface area contributed by atoms with Gasteiger partial charge in [0.05, 0.1) is 12.3 Å². The van der Waals surface area contributed by atoms with E-state index < -0.39 is 7.26 Å². The van der Waals surface area contributed by atoms with Crippen LogP contribution >= 0.6 is 7.26 Å². The van der Waals surface area contributed by atoms with Gasteiger partial charge >= 0.3 is 0 Å². The van der Waals surface area contributed by atoms with Crippen molar-refractivity contribution in [3.63, 3.8) is 0 Å². The molecule has 0 aliphatic heterocycles. The van der Waals surface area contributed by atoms with Crippen LogP contribution in [0.25, 0.3) is 0 Å². The van der Waals surface area contributed by atoms with Crippen LogP contribution in [0.2, 0.25) is 0 Å². The van der Waals surface area contributed by atoms with E-state index in [-0.39, 0.29) is 17.0 Å². The van der Waals surface area contributed by atoms with Gasteiger partial charge in [0.25, 0.3) is 0 Å². The Labute approximate surface area is 76.9 Å². The second-order valence-electron chi connectivity index (χ2n) is 3.38. The molecule has 0 saturated heterocycles. The zero-order valence-electron chi connectivity index (χ0n) is 7.65. The third-order valence-electron chi connectivity index (χ3n) is 1.66. The van der Waals surface area contributed by atoms with E-state index >= 15 is 0 Å². The number of halogens is 1. The van der Waals surface area contributed by atoms with Crippen molar-refractivity contribution >= 4 is 7.26 Å². The number of rotatable bonds is 4. The third-order valence-corrected chi connectivity index (χ3v) is 4.97. The highest BCUT2D eigenvalue weighted by Crippen LogP contribution is 2.51. The van der Waals surface area contributed by atoms with Gasteiger partial charge in [0.1, 0.15) is 0 Å². The van der Waals surface area contributed by atoms with Crippen molar-refractivity contribution in [3.8, 4) is 0 Å². The highest BCUT2D eigenvalue weighted by molar-refractivity contribution is 7.74. The predicted octanol–water partition coefficient (Wildman–Crippen LogP) is 0.0876. The fourth-order valence-corrected chi connectivity index (χ4v) is 3.97. The summed E-state index contributed by atoms with van der Waals surface area (Å²) in [5.74, 6) is 0. The van der Waals surface area contributed by atoms with Gasteiger partial charge in [-0.3, -0.25) is 0 Å². The summed E-state index contributed by atoms with van der Waals surface area (Å²) < 4.78 is 0. The van der Waals surface area contributed by atoms with Gasteiger partial charge in [0.15, 0.2) is 0 Å². The maximum absolute atomic E-state index is 2.47. The SMILES string of the molecule is CCC[P+](C)(C)CCC.[Br-]. The van der Waals surface area contributed by atoms with Crippen molar-refractivity contribution < 1.29 is 17.0 Å².